The SMILES string of the molecule is N#Cc1ccc(CC(F)(F)C(F)F)cc1C#N. The fourth-order valence-corrected chi connectivity index (χ4v) is 1.24. The van der Waals surface area contributed by atoms with Crippen molar-refractivity contribution in [2.24, 2.45) is 0 Å². The van der Waals surface area contributed by atoms with Crippen LogP contribution in [0.4, 0.5) is 17.6 Å². The molecule has 0 unspecified atom stereocenters. The third-order valence-electron chi connectivity index (χ3n) is 2.08. The second kappa shape index (κ2) is 4.84. The average molecular weight is 242 g/mol. The molecular formula is C11H6F4N2. The van der Waals surface area contributed by atoms with Gasteiger partial charge in [0.1, 0.15) is 12.1 Å². The van der Waals surface area contributed by atoms with Gasteiger partial charge in [-0.15, -0.1) is 0 Å². The van der Waals surface area contributed by atoms with E-state index in [0.717, 1.165) is 18.2 Å². The Labute approximate surface area is 94.7 Å². The molecule has 0 amide bonds. The predicted molar refractivity (Wildman–Crippen MR) is 50.5 cm³/mol. The number of halogens is 4. The van der Waals surface area contributed by atoms with E-state index in [1.807, 2.05) is 0 Å². The first-order chi connectivity index (χ1) is 7.90. The smallest absolute Gasteiger partial charge is 0.204 e. The van der Waals surface area contributed by atoms with E-state index in [2.05, 4.69) is 0 Å². The molecule has 17 heavy (non-hydrogen) atoms. The summed E-state index contributed by atoms with van der Waals surface area (Å²) in [5.41, 5.74) is -0.183. The standard InChI is InChI=1S/C11H6F4N2/c12-10(13)11(14,15)4-7-1-2-8(5-16)9(3-7)6-17/h1-3,10H,4H2. The van der Waals surface area contributed by atoms with Crippen molar-refractivity contribution >= 4 is 0 Å². The molecule has 1 aromatic carbocycles. The van der Waals surface area contributed by atoms with Crippen molar-refractivity contribution < 1.29 is 17.6 Å². The molecule has 2 nitrogen and oxygen atoms in total. The second-order valence-corrected chi connectivity index (χ2v) is 3.34. The lowest BCUT2D eigenvalue weighted by Gasteiger charge is -2.15. The first kappa shape index (κ1) is 13.0. The quantitative estimate of drug-likeness (QED) is 0.765. The summed E-state index contributed by atoms with van der Waals surface area (Å²) < 4.78 is 49.4. The lowest BCUT2D eigenvalue weighted by Crippen LogP contribution is -2.29. The van der Waals surface area contributed by atoms with Crippen molar-refractivity contribution in [1.82, 2.24) is 0 Å². The van der Waals surface area contributed by atoms with Crippen LogP contribution in [0.5, 0.6) is 0 Å². The highest BCUT2D eigenvalue weighted by molar-refractivity contribution is 5.47. The Hall–Kier alpha value is -2.08. The first-order valence-electron chi connectivity index (χ1n) is 4.50. The Morgan fingerprint density at radius 2 is 1.71 bits per heavy atom. The maximum atomic E-state index is 12.8. The molecule has 0 spiro atoms. The molecule has 0 radical (unpaired) electrons. The van der Waals surface area contributed by atoms with Crippen molar-refractivity contribution in [2.45, 2.75) is 18.8 Å². The fraction of sp³-hybridized carbons (Fsp3) is 0.273. The molecule has 0 aliphatic rings. The number of rotatable bonds is 3. The first-order valence-corrected chi connectivity index (χ1v) is 4.50. The molecule has 0 aliphatic heterocycles. The number of hydrogen-bond donors (Lipinski definition) is 0. The van der Waals surface area contributed by atoms with Crippen LogP contribution in [0.3, 0.4) is 0 Å². The number of alkyl halides is 4. The van der Waals surface area contributed by atoms with E-state index >= 15 is 0 Å². The van der Waals surface area contributed by atoms with Crippen LogP contribution in [0.25, 0.3) is 0 Å². The normalized spacial score (nSPS) is 11.0. The maximum Gasteiger partial charge on any atom is 0.311 e. The molecule has 0 aliphatic carbocycles. The van der Waals surface area contributed by atoms with Gasteiger partial charge in [-0.2, -0.15) is 19.3 Å². The Bertz CT molecular complexity index is 497. The zero-order valence-corrected chi connectivity index (χ0v) is 8.42. The van der Waals surface area contributed by atoms with Crippen LogP contribution < -0.4 is 0 Å². The van der Waals surface area contributed by atoms with Crippen molar-refractivity contribution in [3.63, 3.8) is 0 Å². The van der Waals surface area contributed by atoms with Crippen molar-refractivity contribution in [1.29, 1.82) is 10.5 Å². The molecule has 1 aromatic rings. The summed E-state index contributed by atoms with van der Waals surface area (Å²) in [7, 11) is 0. The van der Waals surface area contributed by atoms with E-state index in [9.17, 15) is 17.6 Å². The monoisotopic (exact) mass is 242 g/mol. The van der Waals surface area contributed by atoms with E-state index in [1.165, 1.54) is 0 Å². The Kier molecular flexibility index (Phi) is 3.69. The molecule has 88 valence electrons. The van der Waals surface area contributed by atoms with Gasteiger partial charge in [0.2, 0.25) is 0 Å². The minimum Gasteiger partial charge on any atom is -0.204 e. The van der Waals surface area contributed by atoms with E-state index in [1.54, 1.807) is 12.1 Å². The van der Waals surface area contributed by atoms with Crippen LogP contribution in [0.1, 0.15) is 16.7 Å². The molecule has 0 heterocycles. The highest BCUT2D eigenvalue weighted by Crippen LogP contribution is 2.27. The minimum absolute atomic E-state index is 0.0246. The highest BCUT2D eigenvalue weighted by Gasteiger charge is 2.40. The zero-order valence-electron chi connectivity index (χ0n) is 8.42. The number of benzene rings is 1. The largest absolute Gasteiger partial charge is 0.311 e. The number of nitrogens with zero attached hydrogens (tertiary/aromatic N) is 2. The van der Waals surface area contributed by atoms with Crippen molar-refractivity contribution in [3.8, 4) is 12.1 Å². The third-order valence-corrected chi connectivity index (χ3v) is 2.08. The van der Waals surface area contributed by atoms with Crippen LogP contribution >= 0.6 is 0 Å². The van der Waals surface area contributed by atoms with E-state index in [-0.39, 0.29) is 16.7 Å². The van der Waals surface area contributed by atoms with Crippen molar-refractivity contribution in [2.75, 3.05) is 0 Å². The Morgan fingerprint density at radius 1 is 1.12 bits per heavy atom. The summed E-state index contributed by atoms with van der Waals surface area (Å²) in [6.07, 6.45) is -4.92. The summed E-state index contributed by atoms with van der Waals surface area (Å²) in [6, 6.07) is 6.67. The summed E-state index contributed by atoms with van der Waals surface area (Å²) >= 11 is 0. The Balaban J connectivity index is 3.04. The molecule has 0 atom stereocenters. The molecule has 6 heteroatoms. The van der Waals surface area contributed by atoms with Crippen molar-refractivity contribution in [3.05, 3.63) is 34.9 Å². The lowest BCUT2D eigenvalue weighted by molar-refractivity contribution is -0.127. The van der Waals surface area contributed by atoms with Crippen LogP contribution in [0.2, 0.25) is 0 Å². The van der Waals surface area contributed by atoms with Crippen LogP contribution in [-0.2, 0) is 6.42 Å². The summed E-state index contributed by atoms with van der Waals surface area (Å²) in [5, 5.41) is 17.2. The van der Waals surface area contributed by atoms with E-state index < -0.39 is 18.8 Å². The minimum atomic E-state index is -4.14. The summed E-state index contributed by atoms with van der Waals surface area (Å²) in [4.78, 5) is 0. The van der Waals surface area contributed by atoms with Gasteiger partial charge in [-0.1, -0.05) is 6.07 Å². The molecule has 0 aromatic heterocycles. The summed E-state index contributed by atoms with van der Waals surface area (Å²) in [5.74, 6) is -4.14. The van der Waals surface area contributed by atoms with Gasteiger partial charge in [0.15, 0.2) is 0 Å². The van der Waals surface area contributed by atoms with Gasteiger partial charge in [0.25, 0.3) is 0 Å². The maximum absolute atomic E-state index is 12.8. The topological polar surface area (TPSA) is 47.6 Å². The molecule has 0 fully saturated rings. The lowest BCUT2D eigenvalue weighted by atomic mass is 10.0. The van der Waals surface area contributed by atoms with Crippen LogP contribution in [-0.4, -0.2) is 12.3 Å². The van der Waals surface area contributed by atoms with Gasteiger partial charge in [0, 0.05) is 6.42 Å². The molecular weight excluding hydrogens is 236 g/mol. The second-order valence-electron chi connectivity index (χ2n) is 3.34. The Morgan fingerprint density at radius 3 is 2.18 bits per heavy atom. The third kappa shape index (κ3) is 2.94. The molecule has 0 saturated heterocycles. The van der Waals surface area contributed by atoms with Gasteiger partial charge >= 0.3 is 12.3 Å². The number of hydrogen-bond acceptors (Lipinski definition) is 2. The molecule has 0 N–H and O–H groups in total. The van der Waals surface area contributed by atoms with Gasteiger partial charge < -0.3 is 0 Å². The zero-order chi connectivity index (χ0) is 13.1. The van der Waals surface area contributed by atoms with Gasteiger partial charge in [-0.05, 0) is 17.7 Å². The fourth-order valence-electron chi connectivity index (χ4n) is 1.24. The molecule has 1 rings (SSSR count). The van der Waals surface area contributed by atoms with Crippen LogP contribution in [0.15, 0.2) is 18.2 Å². The summed E-state index contributed by atoms with van der Waals surface area (Å²) in [6.45, 7) is 0. The predicted octanol–water partition coefficient (Wildman–Crippen LogP) is 2.87. The highest BCUT2D eigenvalue weighted by atomic mass is 19.3. The molecule has 0 saturated carbocycles. The molecule has 0 bridgehead atoms. The number of nitriles is 2. The van der Waals surface area contributed by atoms with E-state index in [4.69, 9.17) is 10.5 Å². The van der Waals surface area contributed by atoms with Gasteiger partial charge in [0.05, 0.1) is 11.1 Å². The van der Waals surface area contributed by atoms with E-state index in [0.29, 0.717) is 0 Å². The average Bonchev–Trinajstić information content (AvgIpc) is 2.28. The van der Waals surface area contributed by atoms with Gasteiger partial charge in [-0.3, -0.25) is 0 Å². The van der Waals surface area contributed by atoms with Gasteiger partial charge in [-0.25, -0.2) is 8.78 Å². The van der Waals surface area contributed by atoms with Crippen LogP contribution in [0, 0.1) is 22.7 Å².